The molecule has 1 saturated heterocycles. The quantitative estimate of drug-likeness (QED) is 0.628. The van der Waals surface area contributed by atoms with Crippen LogP contribution in [0.5, 0.6) is 0 Å². The minimum Gasteiger partial charge on any atom is -0.469 e. The van der Waals surface area contributed by atoms with E-state index in [0.29, 0.717) is 13.0 Å². The number of methoxy groups -OCH3 is 1. The minimum atomic E-state index is -0.170. The fourth-order valence-electron chi connectivity index (χ4n) is 2.33. The summed E-state index contributed by atoms with van der Waals surface area (Å²) in [5, 5.41) is 3.24. The Morgan fingerprint density at radius 1 is 1.26 bits per heavy atom. The maximum Gasteiger partial charge on any atom is 0.306 e. The maximum absolute atomic E-state index is 10.9. The number of ether oxygens (including phenoxy) is 1. The van der Waals surface area contributed by atoms with Gasteiger partial charge in [-0.15, -0.1) is 0 Å². The molecular weight excluding hydrogens is 240 g/mol. The van der Waals surface area contributed by atoms with Crippen LogP contribution in [0.4, 0.5) is 5.69 Å². The number of nitrogens with one attached hydrogen (secondary N) is 1. The van der Waals surface area contributed by atoms with Gasteiger partial charge in [-0.1, -0.05) is 12.1 Å². The Morgan fingerprint density at radius 3 is 2.58 bits per heavy atom. The lowest BCUT2D eigenvalue weighted by atomic mass is 10.2. The predicted molar refractivity (Wildman–Crippen MR) is 76.2 cm³/mol. The Bertz CT molecular complexity index is 397. The second-order valence-electron chi connectivity index (χ2n) is 4.86. The summed E-state index contributed by atoms with van der Waals surface area (Å²) in [4.78, 5) is 13.4. The number of anilines is 1. The fourth-order valence-corrected chi connectivity index (χ4v) is 2.33. The van der Waals surface area contributed by atoms with E-state index in [1.54, 1.807) is 0 Å². The van der Waals surface area contributed by atoms with Crippen molar-refractivity contribution in [1.82, 2.24) is 5.32 Å². The molecule has 0 aromatic heterocycles. The third-order valence-electron chi connectivity index (χ3n) is 3.47. The highest BCUT2D eigenvalue weighted by Gasteiger charge is 2.11. The van der Waals surface area contributed by atoms with Crippen LogP contribution >= 0.6 is 0 Å². The van der Waals surface area contributed by atoms with E-state index in [-0.39, 0.29) is 5.97 Å². The number of nitrogens with zero attached hydrogens (tertiary/aromatic N) is 1. The van der Waals surface area contributed by atoms with Crippen LogP contribution in [0.25, 0.3) is 0 Å². The Hall–Kier alpha value is -1.55. The first-order chi connectivity index (χ1) is 9.29. The molecule has 2 rings (SSSR count). The van der Waals surface area contributed by atoms with Crippen molar-refractivity contribution in [3.63, 3.8) is 0 Å². The van der Waals surface area contributed by atoms with Gasteiger partial charge in [-0.2, -0.15) is 0 Å². The Labute approximate surface area is 114 Å². The zero-order valence-electron chi connectivity index (χ0n) is 11.5. The van der Waals surface area contributed by atoms with Crippen molar-refractivity contribution in [2.75, 3.05) is 31.6 Å². The second-order valence-corrected chi connectivity index (χ2v) is 4.86. The highest BCUT2D eigenvalue weighted by molar-refractivity contribution is 5.69. The summed E-state index contributed by atoms with van der Waals surface area (Å²) in [5.41, 5.74) is 2.56. The summed E-state index contributed by atoms with van der Waals surface area (Å²) < 4.78 is 4.59. The third kappa shape index (κ3) is 4.24. The van der Waals surface area contributed by atoms with E-state index >= 15 is 0 Å². The SMILES string of the molecule is COC(=O)CCNCc1ccc(N2CCCC2)cc1. The smallest absolute Gasteiger partial charge is 0.306 e. The second kappa shape index (κ2) is 7.14. The average molecular weight is 262 g/mol. The Balaban J connectivity index is 1.74. The molecule has 104 valence electrons. The summed E-state index contributed by atoms with van der Waals surface area (Å²) in [7, 11) is 1.42. The molecule has 1 aliphatic heterocycles. The highest BCUT2D eigenvalue weighted by atomic mass is 16.5. The van der Waals surface area contributed by atoms with Gasteiger partial charge in [0.2, 0.25) is 0 Å². The van der Waals surface area contributed by atoms with Crippen LogP contribution in [-0.4, -0.2) is 32.7 Å². The zero-order valence-corrected chi connectivity index (χ0v) is 11.5. The molecule has 0 aliphatic carbocycles. The topological polar surface area (TPSA) is 41.6 Å². The minimum absolute atomic E-state index is 0.170. The lowest BCUT2D eigenvalue weighted by Crippen LogP contribution is -2.19. The number of hydrogen-bond acceptors (Lipinski definition) is 4. The normalized spacial score (nSPS) is 14.7. The molecule has 1 fully saturated rings. The molecule has 1 aromatic carbocycles. The summed E-state index contributed by atoms with van der Waals surface area (Å²) in [6.07, 6.45) is 3.02. The first kappa shape index (κ1) is 13.9. The van der Waals surface area contributed by atoms with E-state index < -0.39 is 0 Å². The van der Waals surface area contributed by atoms with Crippen LogP contribution in [0.3, 0.4) is 0 Å². The van der Waals surface area contributed by atoms with Gasteiger partial charge in [0.15, 0.2) is 0 Å². The molecule has 19 heavy (non-hydrogen) atoms. The molecule has 0 unspecified atom stereocenters. The molecule has 1 N–H and O–H groups in total. The molecule has 1 heterocycles. The number of esters is 1. The lowest BCUT2D eigenvalue weighted by molar-refractivity contribution is -0.140. The standard InChI is InChI=1S/C15H22N2O2/c1-19-15(18)8-9-16-12-13-4-6-14(7-5-13)17-10-2-3-11-17/h4-7,16H,2-3,8-12H2,1H3. The van der Waals surface area contributed by atoms with Crippen molar-refractivity contribution in [2.45, 2.75) is 25.8 Å². The average Bonchev–Trinajstić information content (AvgIpc) is 2.98. The molecule has 0 saturated carbocycles. The lowest BCUT2D eigenvalue weighted by Gasteiger charge is -2.17. The van der Waals surface area contributed by atoms with E-state index in [4.69, 9.17) is 0 Å². The first-order valence-corrected chi connectivity index (χ1v) is 6.91. The van der Waals surface area contributed by atoms with Gasteiger partial charge in [0.25, 0.3) is 0 Å². The maximum atomic E-state index is 10.9. The van der Waals surface area contributed by atoms with Gasteiger partial charge in [0, 0.05) is 31.9 Å². The number of rotatable bonds is 6. The van der Waals surface area contributed by atoms with Gasteiger partial charge >= 0.3 is 5.97 Å². The molecule has 0 atom stereocenters. The first-order valence-electron chi connectivity index (χ1n) is 6.91. The molecule has 0 bridgehead atoms. The van der Waals surface area contributed by atoms with Gasteiger partial charge in [0.05, 0.1) is 13.5 Å². The van der Waals surface area contributed by atoms with Crippen LogP contribution in [-0.2, 0) is 16.1 Å². The summed E-state index contributed by atoms with van der Waals surface area (Å²) >= 11 is 0. The largest absolute Gasteiger partial charge is 0.469 e. The predicted octanol–water partition coefficient (Wildman–Crippen LogP) is 1.94. The van der Waals surface area contributed by atoms with Crippen LogP contribution < -0.4 is 10.2 Å². The van der Waals surface area contributed by atoms with Crippen LogP contribution in [0, 0.1) is 0 Å². The van der Waals surface area contributed by atoms with Crippen LogP contribution in [0.15, 0.2) is 24.3 Å². The highest BCUT2D eigenvalue weighted by Crippen LogP contribution is 2.20. The van der Waals surface area contributed by atoms with Crippen molar-refractivity contribution in [3.05, 3.63) is 29.8 Å². The molecule has 4 nitrogen and oxygen atoms in total. The molecule has 1 aromatic rings. The van der Waals surface area contributed by atoms with E-state index in [2.05, 4.69) is 39.2 Å². The van der Waals surface area contributed by atoms with Crippen molar-refractivity contribution >= 4 is 11.7 Å². The van der Waals surface area contributed by atoms with Crippen LogP contribution in [0.2, 0.25) is 0 Å². The molecule has 1 aliphatic rings. The van der Waals surface area contributed by atoms with Gasteiger partial charge in [-0.05, 0) is 30.5 Å². The van der Waals surface area contributed by atoms with E-state index in [1.807, 2.05) is 0 Å². The molecule has 0 amide bonds. The van der Waals surface area contributed by atoms with Crippen molar-refractivity contribution in [1.29, 1.82) is 0 Å². The Kier molecular flexibility index (Phi) is 5.21. The number of carbonyl (C=O) groups excluding carboxylic acids is 1. The van der Waals surface area contributed by atoms with E-state index in [1.165, 1.54) is 44.3 Å². The van der Waals surface area contributed by atoms with Crippen molar-refractivity contribution in [3.8, 4) is 0 Å². The van der Waals surface area contributed by atoms with E-state index in [9.17, 15) is 4.79 Å². The third-order valence-corrected chi connectivity index (χ3v) is 3.47. The van der Waals surface area contributed by atoms with Crippen molar-refractivity contribution in [2.24, 2.45) is 0 Å². The molecule has 4 heteroatoms. The van der Waals surface area contributed by atoms with Gasteiger partial charge in [-0.25, -0.2) is 0 Å². The molecular formula is C15H22N2O2. The van der Waals surface area contributed by atoms with Crippen LogP contribution in [0.1, 0.15) is 24.8 Å². The molecule has 0 radical (unpaired) electrons. The van der Waals surface area contributed by atoms with Gasteiger partial charge < -0.3 is 15.0 Å². The van der Waals surface area contributed by atoms with Gasteiger partial charge in [0.1, 0.15) is 0 Å². The number of benzene rings is 1. The Morgan fingerprint density at radius 2 is 1.95 bits per heavy atom. The van der Waals surface area contributed by atoms with Crippen molar-refractivity contribution < 1.29 is 9.53 Å². The summed E-state index contributed by atoms with van der Waals surface area (Å²) in [6.45, 7) is 3.80. The molecule has 0 spiro atoms. The summed E-state index contributed by atoms with van der Waals surface area (Å²) in [5.74, 6) is -0.170. The monoisotopic (exact) mass is 262 g/mol. The number of hydrogen-bond donors (Lipinski definition) is 1. The number of carbonyl (C=O) groups is 1. The van der Waals surface area contributed by atoms with E-state index in [0.717, 1.165) is 6.54 Å². The zero-order chi connectivity index (χ0) is 13.5. The summed E-state index contributed by atoms with van der Waals surface area (Å²) in [6, 6.07) is 8.67. The fraction of sp³-hybridized carbons (Fsp3) is 0.533. The van der Waals surface area contributed by atoms with Gasteiger partial charge in [-0.3, -0.25) is 4.79 Å².